The summed E-state index contributed by atoms with van der Waals surface area (Å²) in [6.07, 6.45) is -4.96. The molecule has 1 rings (SSSR count). The van der Waals surface area contributed by atoms with E-state index < -0.39 is 12.6 Å². The quantitative estimate of drug-likeness (QED) is 0.901. The summed E-state index contributed by atoms with van der Waals surface area (Å²) in [6.45, 7) is 6.78. The van der Waals surface area contributed by atoms with Crippen LogP contribution in [0.5, 0.6) is 0 Å². The highest BCUT2D eigenvalue weighted by Crippen LogP contribution is 2.34. The maximum atomic E-state index is 12.3. The molecule has 0 unspecified atom stereocenters. The Bertz CT molecular complexity index is 435. The molecule has 0 saturated carbocycles. The monoisotopic (exact) mass is 309 g/mol. The van der Waals surface area contributed by atoms with Crippen molar-refractivity contribution in [2.24, 2.45) is 0 Å². The first-order valence-corrected chi connectivity index (χ1v) is 7.29. The van der Waals surface area contributed by atoms with Gasteiger partial charge in [0, 0.05) is 30.4 Å². The minimum Gasteiger partial charge on any atom is -0.351 e. The maximum absolute atomic E-state index is 12.3. The fourth-order valence-corrected chi connectivity index (χ4v) is 3.03. The van der Waals surface area contributed by atoms with E-state index >= 15 is 0 Å². The molecule has 0 aliphatic carbocycles. The molecule has 0 radical (unpaired) electrons. The minimum atomic E-state index is -4.13. The van der Waals surface area contributed by atoms with Crippen LogP contribution in [0.1, 0.15) is 37.8 Å². The first-order chi connectivity index (χ1) is 9.04. The highest BCUT2D eigenvalue weighted by atomic mass is 32.1. The standard InChI is InChI=1S/C13H22F3N3S/c1-12(2,3)10-9(8-17-4)20-11(18-10)19(5)7-6-13(14,15)16/h17H,6-8H2,1-5H3. The summed E-state index contributed by atoms with van der Waals surface area (Å²) < 4.78 is 36.8. The summed E-state index contributed by atoms with van der Waals surface area (Å²) in [6, 6.07) is 0. The van der Waals surface area contributed by atoms with Crippen LogP contribution in [0.4, 0.5) is 18.3 Å². The smallest absolute Gasteiger partial charge is 0.351 e. The molecule has 0 aliphatic heterocycles. The number of anilines is 1. The predicted molar refractivity (Wildman–Crippen MR) is 77.5 cm³/mol. The fraction of sp³-hybridized carbons (Fsp3) is 0.769. The van der Waals surface area contributed by atoms with Gasteiger partial charge in [-0.2, -0.15) is 13.2 Å². The van der Waals surface area contributed by atoms with Crippen molar-refractivity contribution < 1.29 is 13.2 Å². The van der Waals surface area contributed by atoms with Crippen LogP contribution in [0.3, 0.4) is 0 Å². The number of nitrogens with one attached hydrogen (secondary N) is 1. The highest BCUT2D eigenvalue weighted by Gasteiger charge is 2.29. The van der Waals surface area contributed by atoms with Crippen LogP contribution in [-0.4, -0.2) is 31.8 Å². The van der Waals surface area contributed by atoms with Crippen LogP contribution in [0.15, 0.2) is 0 Å². The maximum Gasteiger partial charge on any atom is 0.390 e. The number of nitrogens with zero attached hydrogens (tertiary/aromatic N) is 2. The first kappa shape index (κ1) is 17.2. The van der Waals surface area contributed by atoms with Gasteiger partial charge in [0.25, 0.3) is 0 Å². The molecule has 1 aromatic heterocycles. The van der Waals surface area contributed by atoms with E-state index in [1.165, 1.54) is 11.3 Å². The molecular weight excluding hydrogens is 287 g/mol. The Hall–Kier alpha value is -0.820. The Balaban J connectivity index is 2.90. The summed E-state index contributed by atoms with van der Waals surface area (Å²) in [7, 11) is 3.50. The van der Waals surface area contributed by atoms with Gasteiger partial charge in [-0.25, -0.2) is 4.98 Å². The van der Waals surface area contributed by atoms with Crippen LogP contribution in [0, 0.1) is 0 Å². The van der Waals surface area contributed by atoms with Crippen molar-refractivity contribution in [3.63, 3.8) is 0 Å². The van der Waals surface area contributed by atoms with Gasteiger partial charge < -0.3 is 10.2 Å². The molecule has 0 atom stereocenters. The zero-order chi connectivity index (χ0) is 15.6. The second-order valence-corrected chi connectivity index (χ2v) is 6.90. The Morgan fingerprint density at radius 1 is 1.25 bits per heavy atom. The number of alkyl halides is 3. The molecule has 0 bridgehead atoms. The molecule has 3 nitrogen and oxygen atoms in total. The lowest BCUT2D eigenvalue weighted by atomic mass is 9.91. The summed E-state index contributed by atoms with van der Waals surface area (Å²) in [5.74, 6) is 0. The van der Waals surface area contributed by atoms with Gasteiger partial charge >= 0.3 is 6.18 Å². The zero-order valence-corrected chi connectivity index (χ0v) is 13.4. The lowest BCUT2D eigenvalue weighted by molar-refractivity contribution is -0.132. The largest absolute Gasteiger partial charge is 0.390 e. The van der Waals surface area contributed by atoms with E-state index in [0.29, 0.717) is 11.7 Å². The molecule has 7 heteroatoms. The number of thiazole rings is 1. The van der Waals surface area contributed by atoms with Crippen molar-refractivity contribution in [1.29, 1.82) is 0 Å². The van der Waals surface area contributed by atoms with Gasteiger partial charge in [-0.05, 0) is 7.05 Å². The third-order valence-electron chi connectivity index (χ3n) is 2.79. The summed E-state index contributed by atoms with van der Waals surface area (Å²) in [5, 5.41) is 3.72. The Kier molecular flexibility index (Phi) is 5.43. The van der Waals surface area contributed by atoms with Crippen LogP contribution >= 0.6 is 11.3 Å². The van der Waals surface area contributed by atoms with Gasteiger partial charge in [0.15, 0.2) is 5.13 Å². The van der Waals surface area contributed by atoms with Crippen LogP contribution in [-0.2, 0) is 12.0 Å². The number of hydrogen-bond acceptors (Lipinski definition) is 4. The van der Waals surface area contributed by atoms with Crippen LogP contribution in [0.25, 0.3) is 0 Å². The normalized spacial score (nSPS) is 12.8. The number of rotatable bonds is 5. The van der Waals surface area contributed by atoms with Crippen molar-refractivity contribution >= 4 is 16.5 Å². The molecule has 0 saturated heterocycles. The number of hydrogen-bond donors (Lipinski definition) is 1. The second-order valence-electron chi connectivity index (χ2n) is 5.84. The van der Waals surface area contributed by atoms with Gasteiger partial charge in [-0.1, -0.05) is 20.8 Å². The molecule has 0 amide bonds. The summed E-state index contributed by atoms with van der Waals surface area (Å²) in [5.41, 5.74) is 0.830. The topological polar surface area (TPSA) is 28.2 Å². The SMILES string of the molecule is CNCc1sc(N(C)CCC(F)(F)F)nc1C(C)(C)C. The van der Waals surface area contributed by atoms with Gasteiger partial charge in [0.2, 0.25) is 0 Å². The first-order valence-electron chi connectivity index (χ1n) is 6.47. The number of halogens is 3. The molecule has 0 aromatic carbocycles. The number of aromatic nitrogens is 1. The average molecular weight is 309 g/mol. The molecule has 1 aromatic rings. The molecule has 0 spiro atoms. The zero-order valence-electron chi connectivity index (χ0n) is 12.6. The molecule has 0 fully saturated rings. The van der Waals surface area contributed by atoms with Gasteiger partial charge in [-0.3, -0.25) is 0 Å². The van der Waals surface area contributed by atoms with Gasteiger partial charge in [0.1, 0.15) is 0 Å². The Morgan fingerprint density at radius 3 is 2.30 bits per heavy atom. The lowest BCUT2D eigenvalue weighted by Crippen LogP contribution is -2.24. The van der Waals surface area contributed by atoms with Crippen molar-refractivity contribution in [3.05, 3.63) is 10.6 Å². The molecule has 116 valence electrons. The minimum absolute atomic E-state index is 0.0699. The molecule has 20 heavy (non-hydrogen) atoms. The van der Waals surface area contributed by atoms with E-state index in [1.54, 1.807) is 11.9 Å². The van der Waals surface area contributed by atoms with E-state index in [9.17, 15) is 13.2 Å². The molecule has 1 heterocycles. The fourth-order valence-electron chi connectivity index (χ4n) is 1.76. The van der Waals surface area contributed by atoms with E-state index in [2.05, 4.69) is 31.1 Å². The van der Waals surface area contributed by atoms with Crippen molar-refractivity contribution in [2.75, 3.05) is 25.5 Å². The van der Waals surface area contributed by atoms with Gasteiger partial charge in [0.05, 0.1) is 12.1 Å². The molecule has 0 aliphatic rings. The average Bonchev–Trinajstić information content (AvgIpc) is 2.69. The third-order valence-corrected chi connectivity index (χ3v) is 3.96. The predicted octanol–water partition coefficient (Wildman–Crippen LogP) is 3.55. The van der Waals surface area contributed by atoms with Gasteiger partial charge in [-0.15, -0.1) is 11.3 Å². The van der Waals surface area contributed by atoms with Crippen molar-refractivity contribution in [2.45, 2.75) is 45.3 Å². The Labute approximate surface area is 122 Å². The Morgan fingerprint density at radius 2 is 1.85 bits per heavy atom. The second kappa shape index (κ2) is 6.30. The van der Waals surface area contributed by atoms with E-state index in [0.717, 1.165) is 10.6 Å². The van der Waals surface area contributed by atoms with E-state index in [1.807, 2.05) is 7.05 Å². The third kappa shape index (κ3) is 4.94. The van der Waals surface area contributed by atoms with E-state index in [-0.39, 0.29) is 12.0 Å². The molecule has 1 N–H and O–H groups in total. The lowest BCUT2D eigenvalue weighted by Gasteiger charge is -2.18. The van der Waals surface area contributed by atoms with Crippen molar-refractivity contribution in [1.82, 2.24) is 10.3 Å². The van der Waals surface area contributed by atoms with Crippen molar-refractivity contribution in [3.8, 4) is 0 Å². The summed E-state index contributed by atoms with van der Waals surface area (Å²) >= 11 is 1.45. The van der Waals surface area contributed by atoms with Crippen LogP contribution < -0.4 is 10.2 Å². The summed E-state index contributed by atoms with van der Waals surface area (Å²) in [4.78, 5) is 7.19. The highest BCUT2D eigenvalue weighted by molar-refractivity contribution is 7.15. The van der Waals surface area contributed by atoms with Crippen LogP contribution in [0.2, 0.25) is 0 Å². The van der Waals surface area contributed by atoms with E-state index in [4.69, 9.17) is 0 Å². The molecular formula is C13H22F3N3S.